The van der Waals surface area contributed by atoms with Gasteiger partial charge >= 0.3 is 5.97 Å². The summed E-state index contributed by atoms with van der Waals surface area (Å²) >= 11 is 0. The maximum atomic E-state index is 11.1. The van der Waals surface area contributed by atoms with E-state index in [0.29, 0.717) is 13.2 Å². The van der Waals surface area contributed by atoms with E-state index in [1.807, 2.05) is 36.1 Å². The van der Waals surface area contributed by atoms with Gasteiger partial charge in [0.1, 0.15) is 6.54 Å². The van der Waals surface area contributed by atoms with Crippen molar-refractivity contribution in [2.75, 3.05) is 44.2 Å². The van der Waals surface area contributed by atoms with Crippen LogP contribution in [0.1, 0.15) is 12.5 Å². The second-order valence-corrected chi connectivity index (χ2v) is 5.50. The second kappa shape index (κ2) is 7.43. The van der Waals surface area contributed by atoms with Crippen LogP contribution in [0, 0.1) is 6.92 Å². The van der Waals surface area contributed by atoms with Gasteiger partial charge in [-0.15, -0.1) is 0 Å². The monoisotopic (exact) mass is 292 g/mol. The van der Waals surface area contributed by atoms with Crippen molar-refractivity contribution in [2.45, 2.75) is 20.0 Å². The average Bonchev–Trinajstić information content (AvgIpc) is 2.47. The number of ether oxygens (including phenoxy) is 1. The lowest BCUT2D eigenvalue weighted by Crippen LogP contribution is -2.48. The Morgan fingerprint density at radius 2 is 2.14 bits per heavy atom. The Bertz CT molecular complexity index is 461. The van der Waals surface area contributed by atoms with Gasteiger partial charge in [-0.25, -0.2) is 0 Å². The molecule has 5 heteroatoms. The number of benzene rings is 1. The molecule has 1 saturated heterocycles. The van der Waals surface area contributed by atoms with Crippen LogP contribution in [0.5, 0.6) is 0 Å². The zero-order chi connectivity index (χ0) is 15.2. The number of anilines is 1. The van der Waals surface area contributed by atoms with Crippen molar-refractivity contribution in [3.63, 3.8) is 0 Å². The van der Waals surface area contributed by atoms with Gasteiger partial charge in [0.25, 0.3) is 0 Å². The summed E-state index contributed by atoms with van der Waals surface area (Å²) in [7, 11) is 0. The molecule has 0 amide bonds. The van der Waals surface area contributed by atoms with E-state index in [-0.39, 0.29) is 12.6 Å². The number of aryl methyl sites for hydroxylation is 1. The first kappa shape index (κ1) is 15.8. The Kier molecular flexibility index (Phi) is 5.59. The van der Waals surface area contributed by atoms with Crippen molar-refractivity contribution in [1.82, 2.24) is 4.90 Å². The van der Waals surface area contributed by atoms with Gasteiger partial charge in [-0.2, -0.15) is 0 Å². The first-order valence-electron chi connectivity index (χ1n) is 7.46. The highest BCUT2D eigenvalue weighted by atomic mass is 16.5. The maximum Gasteiger partial charge on any atom is 0.323 e. The molecule has 5 nitrogen and oxygen atoms in total. The Hall–Kier alpha value is -1.59. The van der Waals surface area contributed by atoms with Crippen molar-refractivity contribution in [2.24, 2.45) is 0 Å². The summed E-state index contributed by atoms with van der Waals surface area (Å²) in [4.78, 5) is 15.3. The summed E-state index contributed by atoms with van der Waals surface area (Å²) in [5.74, 6) is -0.821. The van der Waals surface area contributed by atoms with Crippen molar-refractivity contribution in [3.05, 3.63) is 29.8 Å². The number of carboxylic acid groups (broad SMARTS) is 1. The van der Waals surface area contributed by atoms with Crippen LogP contribution in [0.4, 0.5) is 5.69 Å². The van der Waals surface area contributed by atoms with Gasteiger partial charge in [0.2, 0.25) is 0 Å². The third-order valence-electron chi connectivity index (χ3n) is 3.82. The van der Waals surface area contributed by atoms with Gasteiger partial charge in [0.15, 0.2) is 0 Å². The zero-order valence-electron chi connectivity index (χ0n) is 12.8. The lowest BCUT2D eigenvalue weighted by Gasteiger charge is -2.35. The Labute approximate surface area is 126 Å². The Balaban J connectivity index is 2.05. The Morgan fingerprint density at radius 1 is 1.43 bits per heavy atom. The van der Waals surface area contributed by atoms with Gasteiger partial charge < -0.3 is 14.7 Å². The molecule has 1 aliphatic rings. The van der Waals surface area contributed by atoms with E-state index in [2.05, 4.69) is 11.8 Å². The van der Waals surface area contributed by atoms with Crippen LogP contribution in [0.15, 0.2) is 24.3 Å². The minimum Gasteiger partial charge on any atom is -0.480 e. The molecule has 0 spiro atoms. The van der Waals surface area contributed by atoms with Crippen molar-refractivity contribution in [3.8, 4) is 0 Å². The fourth-order valence-corrected chi connectivity index (χ4v) is 2.60. The molecule has 1 N–H and O–H groups in total. The van der Waals surface area contributed by atoms with Crippen molar-refractivity contribution < 1.29 is 14.6 Å². The predicted octanol–water partition coefficient (Wildman–Crippen LogP) is 1.61. The van der Waals surface area contributed by atoms with E-state index in [1.165, 1.54) is 5.56 Å². The molecule has 0 aliphatic carbocycles. The van der Waals surface area contributed by atoms with Gasteiger partial charge in [-0.05, 0) is 25.6 Å². The summed E-state index contributed by atoms with van der Waals surface area (Å²) in [5, 5.41) is 9.13. The first-order chi connectivity index (χ1) is 10.1. The van der Waals surface area contributed by atoms with E-state index in [9.17, 15) is 4.79 Å². The molecule has 116 valence electrons. The molecular weight excluding hydrogens is 268 g/mol. The number of aliphatic carboxylic acids is 1. The minimum atomic E-state index is -0.821. The largest absolute Gasteiger partial charge is 0.480 e. The second-order valence-electron chi connectivity index (χ2n) is 5.50. The summed E-state index contributed by atoms with van der Waals surface area (Å²) in [6, 6.07) is 7.95. The average molecular weight is 292 g/mol. The summed E-state index contributed by atoms with van der Waals surface area (Å²) in [5.41, 5.74) is 2.10. The van der Waals surface area contributed by atoms with Crippen LogP contribution in [0.3, 0.4) is 0 Å². The summed E-state index contributed by atoms with van der Waals surface area (Å²) in [6.07, 6.45) is 0.0550. The number of nitrogens with zero attached hydrogens (tertiary/aromatic N) is 2. The number of hydrogen-bond acceptors (Lipinski definition) is 4. The molecule has 1 unspecified atom stereocenters. The van der Waals surface area contributed by atoms with Gasteiger partial charge in [0, 0.05) is 25.3 Å². The third kappa shape index (κ3) is 4.72. The van der Waals surface area contributed by atoms with E-state index < -0.39 is 5.97 Å². The standard InChI is InChI=1S/C16H24N2O3/c1-3-17-8-9-21-15(10-17)11-18(12-16(19)20)14-6-4-13(2)5-7-14/h4-7,15H,3,8-12H2,1-2H3,(H,19,20). The fraction of sp³-hybridized carbons (Fsp3) is 0.562. The molecule has 2 rings (SSSR count). The van der Waals surface area contributed by atoms with Crippen LogP contribution in [0.25, 0.3) is 0 Å². The van der Waals surface area contributed by atoms with E-state index >= 15 is 0 Å². The van der Waals surface area contributed by atoms with E-state index in [1.54, 1.807) is 0 Å². The molecule has 1 aromatic carbocycles. The first-order valence-corrected chi connectivity index (χ1v) is 7.46. The smallest absolute Gasteiger partial charge is 0.323 e. The molecule has 0 aromatic heterocycles. The quantitative estimate of drug-likeness (QED) is 0.863. The molecule has 0 bridgehead atoms. The van der Waals surface area contributed by atoms with Crippen LogP contribution in [-0.4, -0.2) is 61.4 Å². The SMILES string of the molecule is CCN1CCOC(CN(CC(=O)O)c2ccc(C)cc2)C1. The van der Waals surface area contributed by atoms with Crippen LogP contribution in [-0.2, 0) is 9.53 Å². The van der Waals surface area contributed by atoms with E-state index in [0.717, 1.165) is 25.3 Å². The van der Waals surface area contributed by atoms with Gasteiger partial charge in [-0.3, -0.25) is 9.69 Å². The minimum absolute atomic E-state index is 0.00491. The van der Waals surface area contributed by atoms with Crippen LogP contribution in [0.2, 0.25) is 0 Å². The van der Waals surface area contributed by atoms with Crippen molar-refractivity contribution in [1.29, 1.82) is 0 Å². The molecule has 1 aromatic rings. The maximum absolute atomic E-state index is 11.1. The van der Waals surface area contributed by atoms with Crippen LogP contribution >= 0.6 is 0 Å². The van der Waals surface area contributed by atoms with Crippen LogP contribution < -0.4 is 4.90 Å². The topological polar surface area (TPSA) is 53.0 Å². The number of likely N-dealkylation sites (N-methyl/N-ethyl adjacent to an activating group) is 1. The predicted molar refractivity (Wildman–Crippen MR) is 82.9 cm³/mol. The molecule has 0 saturated carbocycles. The highest BCUT2D eigenvalue weighted by molar-refractivity contribution is 5.73. The molecular formula is C16H24N2O3. The zero-order valence-corrected chi connectivity index (χ0v) is 12.8. The highest BCUT2D eigenvalue weighted by Crippen LogP contribution is 2.17. The summed E-state index contributed by atoms with van der Waals surface area (Å²) in [6.45, 7) is 8.29. The number of carboxylic acids is 1. The molecule has 1 fully saturated rings. The number of morpholine rings is 1. The molecule has 1 heterocycles. The van der Waals surface area contributed by atoms with Gasteiger partial charge in [-0.1, -0.05) is 24.6 Å². The summed E-state index contributed by atoms with van der Waals surface area (Å²) < 4.78 is 5.79. The molecule has 1 aliphatic heterocycles. The van der Waals surface area contributed by atoms with Crippen molar-refractivity contribution >= 4 is 11.7 Å². The Morgan fingerprint density at radius 3 is 2.76 bits per heavy atom. The van der Waals surface area contributed by atoms with E-state index in [4.69, 9.17) is 9.84 Å². The lowest BCUT2D eigenvalue weighted by molar-refractivity contribution is -0.135. The van der Waals surface area contributed by atoms with Gasteiger partial charge in [0.05, 0.1) is 12.7 Å². The molecule has 21 heavy (non-hydrogen) atoms. The molecule has 1 atom stereocenters. The normalized spacial score (nSPS) is 19.4. The number of carbonyl (C=O) groups is 1. The fourth-order valence-electron chi connectivity index (χ4n) is 2.60. The number of rotatable bonds is 6. The molecule has 0 radical (unpaired) electrons. The highest BCUT2D eigenvalue weighted by Gasteiger charge is 2.23. The third-order valence-corrected chi connectivity index (χ3v) is 3.82. The lowest BCUT2D eigenvalue weighted by atomic mass is 10.2. The number of hydrogen-bond donors (Lipinski definition) is 1.